The summed E-state index contributed by atoms with van der Waals surface area (Å²) in [7, 11) is 1.56. The van der Waals surface area contributed by atoms with E-state index in [1.165, 1.54) is 11.1 Å². The molecule has 1 unspecified atom stereocenters. The Balaban J connectivity index is 1.68. The summed E-state index contributed by atoms with van der Waals surface area (Å²) in [6, 6.07) is 13.3. The van der Waals surface area contributed by atoms with Gasteiger partial charge in [-0.2, -0.15) is 0 Å². The van der Waals surface area contributed by atoms with Crippen LogP contribution in [0.15, 0.2) is 63.9 Å². The van der Waals surface area contributed by atoms with E-state index in [1.807, 2.05) is 19.1 Å². The minimum atomic E-state index is -0.782. The molecular formula is C29H27ClN2O5. The second kappa shape index (κ2) is 9.90. The minimum absolute atomic E-state index is 0.000621. The number of ether oxygens (including phenoxy) is 2. The van der Waals surface area contributed by atoms with Crippen LogP contribution in [0.4, 0.5) is 5.82 Å². The van der Waals surface area contributed by atoms with E-state index in [4.69, 9.17) is 25.5 Å². The van der Waals surface area contributed by atoms with E-state index >= 15 is 0 Å². The second-order valence-corrected chi connectivity index (χ2v) is 9.96. The molecule has 1 amide bonds. The zero-order valence-electron chi connectivity index (χ0n) is 21.1. The predicted molar refractivity (Wildman–Crippen MR) is 143 cm³/mol. The number of amides is 1. The number of hydrogen-bond acceptors (Lipinski definition) is 6. The van der Waals surface area contributed by atoms with Crippen molar-refractivity contribution in [2.45, 2.75) is 33.2 Å². The smallest absolute Gasteiger partial charge is 0.296 e. The molecule has 5 rings (SSSR count). The van der Waals surface area contributed by atoms with Gasteiger partial charge in [-0.3, -0.25) is 14.5 Å². The molecule has 37 heavy (non-hydrogen) atoms. The first-order valence-corrected chi connectivity index (χ1v) is 12.5. The van der Waals surface area contributed by atoms with Crippen molar-refractivity contribution in [1.29, 1.82) is 0 Å². The van der Waals surface area contributed by atoms with E-state index < -0.39 is 11.9 Å². The van der Waals surface area contributed by atoms with Gasteiger partial charge in [-0.15, -0.1) is 0 Å². The largest absolute Gasteiger partial charge is 0.493 e. The molecule has 7 nitrogen and oxygen atoms in total. The minimum Gasteiger partial charge on any atom is -0.493 e. The van der Waals surface area contributed by atoms with E-state index in [0.717, 1.165) is 12.0 Å². The first kappa shape index (κ1) is 24.8. The molecule has 2 aromatic heterocycles. The Bertz CT molecular complexity index is 1540. The molecule has 2 aromatic carbocycles. The summed E-state index contributed by atoms with van der Waals surface area (Å²) in [4.78, 5) is 33.4. The second-order valence-electron chi connectivity index (χ2n) is 9.53. The van der Waals surface area contributed by atoms with Crippen molar-refractivity contribution in [2.24, 2.45) is 5.92 Å². The summed E-state index contributed by atoms with van der Waals surface area (Å²) >= 11 is 6.06. The third-order valence-electron chi connectivity index (χ3n) is 6.44. The molecule has 3 heterocycles. The van der Waals surface area contributed by atoms with Crippen LogP contribution in [0, 0.1) is 12.8 Å². The lowest BCUT2D eigenvalue weighted by Crippen LogP contribution is -2.30. The van der Waals surface area contributed by atoms with Crippen LogP contribution in [0.25, 0.3) is 11.0 Å². The molecule has 8 heteroatoms. The number of carbonyl (C=O) groups is 1. The van der Waals surface area contributed by atoms with Crippen molar-refractivity contribution in [3.63, 3.8) is 0 Å². The number of anilines is 1. The number of fused-ring (bicyclic) bond motifs is 2. The molecule has 4 aromatic rings. The van der Waals surface area contributed by atoms with Gasteiger partial charge in [0, 0.05) is 6.20 Å². The molecular weight excluding hydrogens is 492 g/mol. The third kappa shape index (κ3) is 4.55. The van der Waals surface area contributed by atoms with Crippen LogP contribution >= 0.6 is 11.6 Å². The van der Waals surface area contributed by atoms with Gasteiger partial charge < -0.3 is 13.9 Å². The monoisotopic (exact) mass is 518 g/mol. The molecule has 0 aliphatic carbocycles. The number of halogens is 1. The van der Waals surface area contributed by atoms with Crippen molar-refractivity contribution < 1.29 is 18.7 Å². The zero-order chi connectivity index (χ0) is 26.3. The molecule has 0 N–H and O–H groups in total. The summed E-state index contributed by atoms with van der Waals surface area (Å²) < 4.78 is 17.6. The fourth-order valence-electron chi connectivity index (χ4n) is 4.53. The third-order valence-corrected chi connectivity index (χ3v) is 6.66. The van der Waals surface area contributed by atoms with Gasteiger partial charge in [0.05, 0.1) is 35.7 Å². The summed E-state index contributed by atoms with van der Waals surface area (Å²) in [5, 5.41) is 0.854. The number of carbonyl (C=O) groups excluding carboxylic acids is 1. The highest BCUT2D eigenvalue weighted by Crippen LogP contribution is 2.43. The normalized spacial score (nSPS) is 14.9. The van der Waals surface area contributed by atoms with Crippen LogP contribution in [0.1, 0.15) is 53.6 Å². The van der Waals surface area contributed by atoms with E-state index in [0.29, 0.717) is 51.4 Å². The average molecular weight is 519 g/mol. The Labute approximate surface area is 219 Å². The van der Waals surface area contributed by atoms with Gasteiger partial charge in [0.2, 0.25) is 5.76 Å². The lowest BCUT2D eigenvalue weighted by molar-refractivity contribution is 0.0970. The van der Waals surface area contributed by atoms with Gasteiger partial charge in [-0.05, 0) is 61.2 Å². The molecule has 190 valence electrons. The lowest BCUT2D eigenvalue weighted by atomic mass is 9.97. The predicted octanol–water partition coefficient (Wildman–Crippen LogP) is 6.33. The SMILES string of the molecule is COc1cc(C2c3c(oc4ccc(C)cc4c3=O)C(=O)N2c2ccc(Cl)cn2)ccc1OCCC(C)C. The Kier molecular flexibility index (Phi) is 6.65. The van der Waals surface area contributed by atoms with Gasteiger partial charge in [0.1, 0.15) is 11.4 Å². The molecule has 0 bridgehead atoms. The number of hydrogen-bond donors (Lipinski definition) is 0. The maximum absolute atomic E-state index is 13.8. The van der Waals surface area contributed by atoms with Crippen LogP contribution in [0.3, 0.4) is 0 Å². The van der Waals surface area contributed by atoms with Crippen LogP contribution in [-0.2, 0) is 0 Å². The fourth-order valence-corrected chi connectivity index (χ4v) is 4.64. The average Bonchev–Trinajstić information content (AvgIpc) is 3.17. The topological polar surface area (TPSA) is 81.9 Å². The zero-order valence-corrected chi connectivity index (χ0v) is 21.8. The van der Waals surface area contributed by atoms with Crippen molar-refractivity contribution >= 4 is 34.3 Å². The van der Waals surface area contributed by atoms with E-state index in [-0.39, 0.29) is 16.8 Å². The molecule has 0 saturated heterocycles. The highest BCUT2D eigenvalue weighted by atomic mass is 35.5. The quantitative estimate of drug-likeness (QED) is 0.284. The molecule has 1 atom stereocenters. The van der Waals surface area contributed by atoms with Crippen LogP contribution in [0.5, 0.6) is 11.5 Å². The highest BCUT2D eigenvalue weighted by molar-refractivity contribution is 6.30. The molecule has 0 radical (unpaired) electrons. The number of benzene rings is 2. The maximum atomic E-state index is 13.8. The Morgan fingerprint density at radius 1 is 1.08 bits per heavy atom. The van der Waals surface area contributed by atoms with Crippen molar-refractivity contribution in [1.82, 2.24) is 4.98 Å². The number of nitrogens with zero attached hydrogens (tertiary/aromatic N) is 2. The number of pyridine rings is 1. The summed E-state index contributed by atoms with van der Waals surface area (Å²) in [6.45, 7) is 6.72. The van der Waals surface area contributed by atoms with Crippen molar-refractivity contribution in [2.75, 3.05) is 18.6 Å². The lowest BCUT2D eigenvalue weighted by Gasteiger charge is -2.25. The number of methoxy groups -OCH3 is 1. The Morgan fingerprint density at radius 3 is 2.59 bits per heavy atom. The van der Waals surface area contributed by atoms with E-state index in [1.54, 1.807) is 43.5 Å². The summed E-state index contributed by atoms with van der Waals surface area (Å²) in [6.07, 6.45) is 2.37. The first-order valence-electron chi connectivity index (χ1n) is 12.1. The molecule has 1 aliphatic rings. The van der Waals surface area contributed by atoms with Crippen LogP contribution in [-0.4, -0.2) is 24.6 Å². The molecule has 0 fully saturated rings. The Morgan fingerprint density at radius 2 is 1.89 bits per heavy atom. The van der Waals surface area contributed by atoms with Crippen LogP contribution in [0.2, 0.25) is 5.02 Å². The summed E-state index contributed by atoms with van der Waals surface area (Å²) in [5.41, 5.74) is 1.94. The van der Waals surface area contributed by atoms with Gasteiger partial charge in [0.15, 0.2) is 16.9 Å². The van der Waals surface area contributed by atoms with Gasteiger partial charge in [-0.25, -0.2) is 4.98 Å². The van der Waals surface area contributed by atoms with Gasteiger partial charge >= 0.3 is 0 Å². The highest BCUT2D eigenvalue weighted by Gasteiger charge is 2.44. The van der Waals surface area contributed by atoms with Crippen LogP contribution < -0.4 is 19.8 Å². The molecule has 0 saturated carbocycles. The van der Waals surface area contributed by atoms with Crippen molar-refractivity contribution in [3.8, 4) is 11.5 Å². The maximum Gasteiger partial charge on any atom is 0.296 e. The van der Waals surface area contributed by atoms with Gasteiger partial charge in [-0.1, -0.05) is 43.1 Å². The Hall–Kier alpha value is -3.84. The standard InChI is InChI=1S/C29H27ClN2O5/c1-16(2)11-12-36-22-9-6-18(14-23(22)35-4)26-25-27(33)20-13-17(3)5-8-21(20)37-28(25)29(34)32(26)24-10-7-19(30)15-31-24/h5-10,13-16,26H,11-12H2,1-4H3. The van der Waals surface area contributed by atoms with E-state index in [2.05, 4.69) is 18.8 Å². The molecule has 0 spiro atoms. The first-order chi connectivity index (χ1) is 17.8. The number of aromatic nitrogens is 1. The summed E-state index contributed by atoms with van der Waals surface area (Å²) in [5.74, 6) is 1.50. The van der Waals surface area contributed by atoms with Gasteiger partial charge in [0.25, 0.3) is 5.91 Å². The van der Waals surface area contributed by atoms with E-state index in [9.17, 15) is 9.59 Å². The fraction of sp³-hybridized carbons (Fsp3) is 0.276. The van der Waals surface area contributed by atoms with Crippen molar-refractivity contribution in [3.05, 3.63) is 92.4 Å². The molecule has 1 aliphatic heterocycles. The number of rotatable bonds is 7. The number of aryl methyl sites for hydroxylation is 1.